The van der Waals surface area contributed by atoms with Gasteiger partial charge in [-0.25, -0.2) is 4.98 Å². The smallest absolute Gasteiger partial charge is 0.176 e. The average molecular weight is 188 g/mol. The van der Waals surface area contributed by atoms with E-state index in [0.29, 0.717) is 0 Å². The Morgan fingerprint density at radius 3 is 2.64 bits per heavy atom. The van der Waals surface area contributed by atoms with Crippen molar-refractivity contribution in [1.82, 2.24) is 9.97 Å². The molecule has 0 atom stereocenters. The van der Waals surface area contributed by atoms with Gasteiger partial charge in [-0.15, -0.1) is 0 Å². The molecule has 0 fully saturated rings. The topological polar surface area (TPSA) is 28.7 Å². The zero-order valence-electron chi connectivity index (χ0n) is 6.92. The lowest BCUT2D eigenvalue weighted by molar-refractivity contribution is 0.810. The molecule has 0 aliphatic heterocycles. The number of aromatic nitrogens is 2. The lowest BCUT2D eigenvalue weighted by Gasteiger charge is -2.14. The fraction of sp³-hybridized carbons (Fsp3) is 0.571. The van der Waals surface area contributed by atoms with Crippen LogP contribution in [-0.2, 0) is 0 Å². The van der Waals surface area contributed by atoms with Crippen LogP contribution in [0, 0.1) is 0 Å². The molecule has 0 unspecified atom stereocenters. The largest absolute Gasteiger partial charge is 0.339 e. The van der Waals surface area contributed by atoms with E-state index >= 15 is 0 Å². The molecule has 0 saturated carbocycles. The number of rotatable bonds is 2. The SMILES string of the molecule is CC(C)(C)SSc1ncc[nH]1. The van der Waals surface area contributed by atoms with Crippen molar-refractivity contribution in [3.05, 3.63) is 12.4 Å². The molecule has 1 N–H and O–H groups in total. The van der Waals surface area contributed by atoms with Gasteiger partial charge in [-0.3, -0.25) is 0 Å². The number of imidazole rings is 1. The van der Waals surface area contributed by atoms with E-state index in [2.05, 4.69) is 30.7 Å². The Balaban J connectivity index is 2.35. The van der Waals surface area contributed by atoms with E-state index in [0.717, 1.165) is 5.16 Å². The van der Waals surface area contributed by atoms with Gasteiger partial charge >= 0.3 is 0 Å². The maximum absolute atomic E-state index is 4.11. The third-order valence-electron chi connectivity index (χ3n) is 0.844. The van der Waals surface area contributed by atoms with Gasteiger partial charge in [0.25, 0.3) is 0 Å². The summed E-state index contributed by atoms with van der Waals surface area (Å²) < 4.78 is 0.289. The predicted octanol–water partition coefficient (Wildman–Crippen LogP) is 2.95. The Labute approximate surface area is 75.0 Å². The molecule has 1 aromatic heterocycles. The fourth-order valence-electron chi connectivity index (χ4n) is 0.461. The minimum atomic E-state index is 0.289. The molecule has 0 aliphatic rings. The monoisotopic (exact) mass is 188 g/mol. The van der Waals surface area contributed by atoms with Crippen LogP contribution in [0.25, 0.3) is 0 Å². The molecule has 0 amide bonds. The molecule has 0 spiro atoms. The number of aromatic amines is 1. The Hall–Kier alpha value is -0.0900. The van der Waals surface area contributed by atoms with Gasteiger partial charge in [0.2, 0.25) is 0 Å². The van der Waals surface area contributed by atoms with E-state index in [9.17, 15) is 0 Å². The van der Waals surface area contributed by atoms with Crippen LogP contribution in [0.1, 0.15) is 20.8 Å². The Kier molecular flexibility index (Phi) is 2.90. The second-order valence-corrected chi connectivity index (χ2v) is 6.12. The van der Waals surface area contributed by atoms with Gasteiger partial charge < -0.3 is 4.98 Å². The van der Waals surface area contributed by atoms with Crippen LogP contribution in [0.5, 0.6) is 0 Å². The Morgan fingerprint density at radius 1 is 1.45 bits per heavy atom. The lowest BCUT2D eigenvalue weighted by Crippen LogP contribution is -2.04. The maximum Gasteiger partial charge on any atom is 0.176 e. The summed E-state index contributed by atoms with van der Waals surface area (Å²) in [6.07, 6.45) is 3.61. The first-order valence-electron chi connectivity index (χ1n) is 3.43. The number of nitrogens with zero attached hydrogens (tertiary/aromatic N) is 1. The predicted molar refractivity (Wildman–Crippen MR) is 51.8 cm³/mol. The van der Waals surface area contributed by atoms with Gasteiger partial charge in [0.05, 0.1) is 0 Å². The van der Waals surface area contributed by atoms with Crippen LogP contribution < -0.4 is 0 Å². The lowest BCUT2D eigenvalue weighted by atomic mass is 10.3. The van der Waals surface area contributed by atoms with Crippen molar-refractivity contribution in [2.45, 2.75) is 30.7 Å². The van der Waals surface area contributed by atoms with Gasteiger partial charge in [-0.05, 0) is 10.8 Å². The molecule has 11 heavy (non-hydrogen) atoms. The quantitative estimate of drug-likeness (QED) is 0.723. The first-order chi connectivity index (χ1) is 5.08. The van der Waals surface area contributed by atoms with E-state index in [1.807, 2.05) is 17.0 Å². The van der Waals surface area contributed by atoms with Gasteiger partial charge in [0.1, 0.15) is 0 Å². The summed E-state index contributed by atoms with van der Waals surface area (Å²) in [5, 5.41) is 0.977. The summed E-state index contributed by atoms with van der Waals surface area (Å²) in [7, 11) is 3.50. The minimum absolute atomic E-state index is 0.289. The van der Waals surface area contributed by atoms with Crippen LogP contribution in [0.15, 0.2) is 17.6 Å². The normalized spacial score (nSPS) is 11.9. The van der Waals surface area contributed by atoms with Crippen LogP contribution in [0.4, 0.5) is 0 Å². The zero-order chi connectivity index (χ0) is 8.32. The van der Waals surface area contributed by atoms with Gasteiger partial charge in [0.15, 0.2) is 5.16 Å². The van der Waals surface area contributed by atoms with Crippen LogP contribution in [-0.4, -0.2) is 14.7 Å². The van der Waals surface area contributed by atoms with E-state index in [4.69, 9.17) is 0 Å². The van der Waals surface area contributed by atoms with Crippen molar-refractivity contribution in [3.8, 4) is 0 Å². The second kappa shape index (κ2) is 3.54. The molecule has 0 radical (unpaired) electrons. The highest BCUT2D eigenvalue weighted by molar-refractivity contribution is 8.77. The Bertz CT molecular complexity index is 201. The first kappa shape index (κ1) is 9.00. The number of nitrogens with one attached hydrogen (secondary N) is 1. The van der Waals surface area contributed by atoms with Crippen molar-refractivity contribution in [2.24, 2.45) is 0 Å². The van der Waals surface area contributed by atoms with Crippen molar-refractivity contribution in [3.63, 3.8) is 0 Å². The second-order valence-electron chi connectivity index (χ2n) is 3.17. The van der Waals surface area contributed by atoms with Crippen LogP contribution >= 0.6 is 21.6 Å². The highest BCUT2D eigenvalue weighted by Gasteiger charge is 2.11. The molecule has 1 aromatic rings. The molecule has 4 heteroatoms. The van der Waals surface area contributed by atoms with E-state index in [1.165, 1.54) is 0 Å². The summed E-state index contributed by atoms with van der Waals surface area (Å²) >= 11 is 0. The molecule has 0 saturated heterocycles. The van der Waals surface area contributed by atoms with Crippen molar-refractivity contribution >= 4 is 21.6 Å². The van der Waals surface area contributed by atoms with Crippen molar-refractivity contribution < 1.29 is 0 Å². The molecule has 0 bridgehead atoms. The van der Waals surface area contributed by atoms with E-state index in [-0.39, 0.29) is 4.75 Å². The van der Waals surface area contributed by atoms with E-state index < -0.39 is 0 Å². The molecule has 1 rings (SSSR count). The standard InChI is InChI=1S/C7H12N2S2/c1-7(2,3)11-10-6-8-4-5-9-6/h4-5H,1-3H3,(H,8,9). The minimum Gasteiger partial charge on any atom is -0.339 e. The molecule has 1 heterocycles. The summed E-state index contributed by atoms with van der Waals surface area (Å²) in [6.45, 7) is 6.56. The highest BCUT2D eigenvalue weighted by atomic mass is 33.1. The third-order valence-corrected chi connectivity index (χ3v) is 4.03. The summed E-state index contributed by atoms with van der Waals surface area (Å²) in [5.41, 5.74) is 0. The van der Waals surface area contributed by atoms with Crippen LogP contribution in [0.2, 0.25) is 0 Å². The van der Waals surface area contributed by atoms with Gasteiger partial charge in [-0.1, -0.05) is 31.6 Å². The maximum atomic E-state index is 4.11. The third kappa shape index (κ3) is 3.72. The number of H-pyrrole nitrogens is 1. The highest BCUT2D eigenvalue weighted by Crippen LogP contribution is 2.38. The van der Waals surface area contributed by atoms with Crippen LogP contribution in [0.3, 0.4) is 0 Å². The molecule has 62 valence electrons. The average Bonchev–Trinajstić information content (AvgIpc) is 2.32. The number of hydrogen-bond donors (Lipinski definition) is 1. The summed E-state index contributed by atoms with van der Waals surface area (Å²) in [5.74, 6) is 0. The fourth-order valence-corrected chi connectivity index (χ4v) is 2.27. The first-order valence-corrected chi connectivity index (χ1v) is 5.58. The van der Waals surface area contributed by atoms with Gasteiger partial charge in [-0.2, -0.15) is 0 Å². The molecular formula is C7H12N2S2. The van der Waals surface area contributed by atoms with Crippen molar-refractivity contribution in [1.29, 1.82) is 0 Å². The van der Waals surface area contributed by atoms with Crippen molar-refractivity contribution in [2.75, 3.05) is 0 Å². The molecular weight excluding hydrogens is 176 g/mol. The summed E-state index contributed by atoms with van der Waals surface area (Å²) in [6, 6.07) is 0. The van der Waals surface area contributed by atoms with E-state index in [1.54, 1.807) is 17.0 Å². The molecule has 0 aliphatic carbocycles. The summed E-state index contributed by atoms with van der Waals surface area (Å²) in [4.78, 5) is 7.15. The Morgan fingerprint density at radius 2 is 2.18 bits per heavy atom. The van der Waals surface area contributed by atoms with Gasteiger partial charge in [0, 0.05) is 17.1 Å². The molecule has 2 nitrogen and oxygen atoms in total. The zero-order valence-corrected chi connectivity index (χ0v) is 8.55. The molecule has 0 aromatic carbocycles. The number of hydrogen-bond acceptors (Lipinski definition) is 3.